The van der Waals surface area contributed by atoms with Gasteiger partial charge < -0.3 is 5.32 Å². The standard InChI is InChI=1S/C12H8F3N5OS/c13-12(14,15)6-17-10(21)8-5-22-11(19-8)7-4-18-20-3-1-2-16-9(7)20/h1-5H,6H2,(H,17,21). The normalized spacial score (nSPS) is 11.8. The Morgan fingerprint density at radius 2 is 2.23 bits per heavy atom. The zero-order chi connectivity index (χ0) is 15.7. The molecule has 0 saturated carbocycles. The Morgan fingerprint density at radius 1 is 1.41 bits per heavy atom. The van der Waals surface area contributed by atoms with Gasteiger partial charge in [0.25, 0.3) is 5.91 Å². The highest BCUT2D eigenvalue weighted by Crippen LogP contribution is 2.26. The molecule has 3 rings (SSSR count). The molecule has 3 aromatic heterocycles. The summed E-state index contributed by atoms with van der Waals surface area (Å²) in [4.78, 5) is 19.8. The van der Waals surface area contributed by atoms with Crippen molar-refractivity contribution in [1.82, 2.24) is 24.9 Å². The zero-order valence-corrected chi connectivity index (χ0v) is 11.6. The Hall–Kier alpha value is -2.49. The molecular formula is C12H8F3N5OS. The fraction of sp³-hybridized carbons (Fsp3) is 0.167. The molecule has 0 aliphatic carbocycles. The van der Waals surface area contributed by atoms with Crippen molar-refractivity contribution in [2.75, 3.05) is 6.54 Å². The fourth-order valence-electron chi connectivity index (χ4n) is 1.75. The number of carbonyl (C=O) groups is 1. The summed E-state index contributed by atoms with van der Waals surface area (Å²) in [6, 6.07) is 1.71. The molecule has 10 heteroatoms. The number of fused-ring (bicyclic) bond motifs is 1. The van der Waals surface area contributed by atoms with Crippen molar-refractivity contribution in [3.63, 3.8) is 0 Å². The summed E-state index contributed by atoms with van der Waals surface area (Å²) < 4.78 is 37.8. The molecule has 3 heterocycles. The van der Waals surface area contributed by atoms with Crippen LogP contribution < -0.4 is 5.32 Å². The maximum atomic E-state index is 12.1. The van der Waals surface area contributed by atoms with E-state index in [0.717, 1.165) is 11.3 Å². The van der Waals surface area contributed by atoms with Crippen LogP contribution in [-0.4, -0.2) is 38.2 Å². The molecule has 0 bridgehead atoms. The highest BCUT2D eigenvalue weighted by Gasteiger charge is 2.28. The van der Waals surface area contributed by atoms with Crippen LogP contribution in [-0.2, 0) is 0 Å². The third kappa shape index (κ3) is 2.91. The predicted molar refractivity (Wildman–Crippen MR) is 72.5 cm³/mol. The fourth-order valence-corrected chi connectivity index (χ4v) is 2.56. The molecule has 0 atom stereocenters. The van der Waals surface area contributed by atoms with Crippen molar-refractivity contribution in [2.45, 2.75) is 6.18 Å². The first-order valence-corrected chi connectivity index (χ1v) is 6.91. The smallest absolute Gasteiger partial charge is 0.342 e. The second-order valence-corrected chi connectivity index (χ2v) is 5.14. The minimum absolute atomic E-state index is 0.0699. The van der Waals surface area contributed by atoms with Crippen LogP contribution in [0.4, 0.5) is 13.2 Å². The first-order valence-electron chi connectivity index (χ1n) is 6.03. The van der Waals surface area contributed by atoms with Gasteiger partial charge >= 0.3 is 6.18 Å². The Kier molecular flexibility index (Phi) is 3.53. The van der Waals surface area contributed by atoms with Gasteiger partial charge in [0, 0.05) is 17.8 Å². The minimum atomic E-state index is -4.46. The number of thiazole rings is 1. The first kappa shape index (κ1) is 14.4. The highest BCUT2D eigenvalue weighted by molar-refractivity contribution is 7.13. The van der Waals surface area contributed by atoms with Crippen LogP contribution in [0.15, 0.2) is 30.0 Å². The number of halogens is 3. The van der Waals surface area contributed by atoms with Crippen molar-refractivity contribution >= 4 is 22.9 Å². The van der Waals surface area contributed by atoms with E-state index >= 15 is 0 Å². The molecule has 0 fully saturated rings. The largest absolute Gasteiger partial charge is 0.405 e. The molecule has 114 valence electrons. The third-order valence-corrected chi connectivity index (χ3v) is 3.57. The Balaban J connectivity index is 1.83. The number of rotatable bonds is 3. The molecular weight excluding hydrogens is 319 g/mol. The van der Waals surface area contributed by atoms with E-state index in [1.165, 1.54) is 5.38 Å². The Bertz CT molecular complexity index is 825. The quantitative estimate of drug-likeness (QED) is 0.800. The van der Waals surface area contributed by atoms with Gasteiger partial charge in [-0.3, -0.25) is 4.79 Å². The van der Waals surface area contributed by atoms with Crippen molar-refractivity contribution in [2.24, 2.45) is 0 Å². The molecule has 0 unspecified atom stereocenters. The average molecular weight is 327 g/mol. The van der Waals surface area contributed by atoms with E-state index in [0.29, 0.717) is 16.2 Å². The van der Waals surface area contributed by atoms with Gasteiger partial charge in [0.15, 0.2) is 5.65 Å². The summed E-state index contributed by atoms with van der Waals surface area (Å²) >= 11 is 1.14. The van der Waals surface area contributed by atoms with E-state index in [4.69, 9.17) is 0 Å². The Labute approximate surface area is 125 Å². The third-order valence-electron chi connectivity index (χ3n) is 2.70. The zero-order valence-electron chi connectivity index (χ0n) is 10.8. The maximum absolute atomic E-state index is 12.1. The monoisotopic (exact) mass is 327 g/mol. The van der Waals surface area contributed by atoms with Gasteiger partial charge in [-0.15, -0.1) is 11.3 Å². The highest BCUT2D eigenvalue weighted by atomic mass is 32.1. The summed E-state index contributed by atoms with van der Waals surface area (Å²) in [6.07, 6.45) is 0.376. The maximum Gasteiger partial charge on any atom is 0.405 e. The molecule has 0 spiro atoms. The van der Waals surface area contributed by atoms with Gasteiger partial charge in [0.1, 0.15) is 17.2 Å². The minimum Gasteiger partial charge on any atom is -0.342 e. The van der Waals surface area contributed by atoms with E-state index in [1.807, 2.05) is 0 Å². The summed E-state index contributed by atoms with van der Waals surface area (Å²) in [5.41, 5.74) is 1.10. The number of carbonyl (C=O) groups excluding carboxylic acids is 1. The number of nitrogens with one attached hydrogen (secondary N) is 1. The van der Waals surface area contributed by atoms with Crippen LogP contribution >= 0.6 is 11.3 Å². The van der Waals surface area contributed by atoms with Crippen LogP contribution in [0.5, 0.6) is 0 Å². The molecule has 1 amide bonds. The number of hydrogen-bond acceptors (Lipinski definition) is 5. The van der Waals surface area contributed by atoms with Crippen LogP contribution in [0.25, 0.3) is 16.2 Å². The molecule has 6 nitrogen and oxygen atoms in total. The van der Waals surface area contributed by atoms with Crippen LogP contribution in [0.2, 0.25) is 0 Å². The molecule has 0 radical (unpaired) electrons. The molecule has 0 saturated heterocycles. The summed E-state index contributed by atoms with van der Waals surface area (Å²) in [5.74, 6) is -0.871. The van der Waals surface area contributed by atoms with E-state index in [1.54, 1.807) is 34.5 Å². The van der Waals surface area contributed by atoms with Gasteiger partial charge in [-0.1, -0.05) is 0 Å². The SMILES string of the molecule is O=C(NCC(F)(F)F)c1csc(-c2cnn3cccnc23)n1. The van der Waals surface area contributed by atoms with Crippen molar-refractivity contribution in [3.05, 3.63) is 35.7 Å². The topological polar surface area (TPSA) is 72.2 Å². The lowest BCUT2D eigenvalue weighted by atomic mass is 10.3. The molecule has 0 aliphatic heterocycles. The second kappa shape index (κ2) is 5.37. The van der Waals surface area contributed by atoms with E-state index in [9.17, 15) is 18.0 Å². The summed E-state index contributed by atoms with van der Waals surface area (Å²) in [5, 5.41) is 7.73. The van der Waals surface area contributed by atoms with Gasteiger partial charge in [-0.25, -0.2) is 14.5 Å². The van der Waals surface area contributed by atoms with E-state index < -0.39 is 18.6 Å². The second-order valence-electron chi connectivity index (χ2n) is 4.28. The lowest BCUT2D eigenvalue weighted by Gasteiger charge is -2.06. The lowest BCUT2D eigenvalue weighted by Crippen LogP contribution is -2.33. The van der Waals surface area contributed by atoms with E-state index in [-0.39, 0.29) is 5.69 Å². The molecule has 0 aromatic carbocycles. The van der Waals surface area contributed by atoms with Crippen molar-refractivity contribution < 1.29 is 18.0 Å². The van der Waals surface area contributed by atoms with Gasteiger partial charge in [-0.05, 0) is 6.07 Å². The lowest BCUT2D eigenvalue weighted by molar-refractivity contribution is -0.123. The number of alkyl halides is 3. The molecule has 1 N–H and O–H groups in total. The van der Waals surface area contributed by atoms with Crippen LogP contribution in [0.1, 0.15) is 10.5 Å². The number of amides is 1. The number of hydrogen-bond donors (Lipinski definition) is 1. The Morgan fingerprint density at radius 3 is 3.00 bits per heavy atom. The molecule has 0 aliphatic rings. The molecule has 3 aromatic rings. The number of nitrogens with zero attached hydrogens (tertiary/aromatic N) is 4. The van der Waals surface area contributed by atoms with Crippen LogP contribution in [0, 0.1) is 0 Å². The van der Waals surface area contributed by atoms with Crippen LogP contribution in [0.3, 0.4) is 0 Å². The van der Waals surface area contributed by atoms with Gasteiger partial charge in [0.05, 0.1) is 11.8 Å². The van der Waals surface area contributed by atoms with Gasteiger partial charge in [0.2, 0.25) is 0 Å². The van der Waals surface area contributed by atoms with Crippen molar-refractivity contribution in [3.8, 4) is 10.6 Å². The molecule has 22 heavy (non-hydrogen) atoms. The average Bonchev–Trinajstić information content (AvgIpc) is 3.10. The number of aromatic nitrogens is 4. The van der Waals surface area contributed by atoms with Crippen molar-refractivity contribution in [1.29, 1.82) is 0 Å². The first-order chi connectivity index (χ1) is 10.4. The van der Waals surface area contributed by atoms with E-state index in [2.05, 4.69) is 15.1 Å². The predicted octanol–water partition coefficient (Wildman–Crippen LogP) is 2.14. The summed E-state index contributed by atoms with van der Waals surface area (Å²) in [7, 11) is 0. The van der Waals surface area contributed by atoms with Gasteiger partial charge in [-0.2, -0.15) is 18.3 Å². The summed E-state index contributed by atoms with van der Waals surface area (Å²) in [6.45, 7) is -1.39.